The molecule has 0 fully saturated rings. The van der Waals surface area contributed by atoms with Gasteiger partial charge >= 0.3 is 23.9 Å². The lowest BCUT2D eigenvalue weighted by molar-refractivity contribution is -0.137. The Balaban J connectivity index is 0.000000328. The number of phenolic OH excluding ortho intramolecular Hbond substituents is 3. The zero-order chi connectivity index (χ0) is 68.6. The zero-order valence-corrected chi connectivity index (χ0v) is 56.8. The number of carboxylic acids is 1. The van der Waals surface area contributed by atoms with E-state index in [1.807, 2.05) is 80.5 Å². The van der Waals surface area contributed by atoms with Crippen LogP contribution in [0, 0.1) is 41.5 Å². The minimum absolute atomic E-state index is 0.0111. The molecular weight excluding hydrogens is 1180 g/mol. The van der Waals surface area contributed by atoms with Gasteiger partial charge in [0.2, 0.25) is 5.91 Å². The van der Waals surface area contributed by atoms with Crippen LogP contribution in [0.1, 0.15) is 241 Å². The Labute approximate surface area is 551 Å². The molecule has 3 aromatic carbocycles. The number of Topliss-reactive ketones (excluding diaryl/α,β-unsaturated/α-hetero) is 2. The van der Waals surface area contributed by atoms with E-state index >= 15 is 0 Å². The van der Waals surface area contributed by atoms with E-state index in [9.17, 15) is 48.9 Å². The quantitative estimate of drug-likeness (QED) is 0.0138. The third-order valence-corrected chi connectivity index (χ3v) is 17.4. The number of aliphatic carboxylic acids is 1. The summed E-state index contributed by atoms with van der Waals surface area (Å²) in [6.45, 7) is 21.3. The van der Waals surface area contributed by atoms with Gasteiger partial charge in [-0.3, -0.25) is 19.2 Å². The van der Waals surface area contributed by atoms with Crippen molar-refractivity contribution in [2.75, 3.05) is 13.1 Å². The average Bonchev–Trinajstić information content (AvgIpc) is 1.73. The first-order chi connectivity index (χ1) is 44.4. The Morgan fingerprint density at radius 2 is 0.796 bits per heavy atom. The van der Waals surface area contributed by atoms with Crippen LogP contribution in [0.25, 0.3) is 0 Å². The van der Waals surface area contributed by atoms with Crippen LogP contribution >= 0.6 is 0 Å². The molecule has 0 saturated carbocycles. The maximum Gasteiger partial charge on any atom is 0.342 e. The SMILES string of the molecule is C/C(=C\Cc1c(C)c(C)c2c(c1O)C(=O)OC2)CCC(=O)CCCN.C/C(=C\Cc1c(C)c(C)c2c(c1O)C(=O)OC2)CCC(=O)O.CC/C=C\C/C=C\C/C=C\C/C=C\C/C=C\CCCC(=O)NCCCC(=O)CC/C(C)=C/Cc1c(C)c(C)c2c(c1O)C(=O)OC2. The summed E-state index contributed by atoms with van der Waals surface area (Å²) >= 11 is 0. The number of amides is 1. The molecule has 6 rings (SSSR count). The number of nitrogens with one attached hydrogen (secondary N) is 1. The van der Waals surface area contributed by atoms with Gasteiger partial charge in [0.05, 0.1) is 0 Å². The molecule has 3 heterocycles. The monoisotopic (exact) mass is 1280 g/mol. The van der Waals surface area contributed by atoms with Crippen LogP contribution < -0.4 is 11.1 Å². The molecule has 0 spiro atoms. The number of benzene rings is 3. The highest BCUT2D eigenvalue weighted by Crippen LogP contribution is 2.40. The van der Waals surface area contributed by atoms with Gasteiger partial charge in [0.1, 0.15) is 65.3 Å². The highest BCUT2D eigenvalue weighted by molar-refractivity contribution is 5.99. The van der Waals surface area contributed by atoms with Crippen molar-refractivity contribution < 1.29 is 68.2 Å². The van der Waals surface area contributed by atoms with Gasteiger partial charge in [-0.2, -0.15) is 0 Å². The lowest BCUT2D eigenvalue weighted by Gasteiger charge is -2.14. The number of carboxylic acid groups (broad SMARTS) is 1. The van der Waals surface area contributed by atoms with Gasteiger partial charge in [-0.15, -0.1) is 0 Å². The lowest BCUT2D eigenvalue weighted by atomic mass is 9.91. The summed E-state index contributed by atoms with van der Waals surface area (Å²) in [6.07, 6.45) is 41.5. The number of esters is 3. The lowest BCUT2D eigenvalue weighted by Crippen LogP contribution is -2.24. The van der Waals surface area contributed by atoms with Gasteiger partial charge < -0.3 is 45.7 Å². The summed E-state index contributed by atoms with van der Waals surface area (Å²) in [6, 6.07) is 0. The first-order valence-corrected chi connectivity index (χ1v) is 32.9. The van der Waals surface area contributed by atoms with Gasteiger partial charge in [0.25, 0.3) is 0 Å². The minimum Gasteiger partial charge on any atom is -0.507 e. The molecular formula is C77H102N2O14. The van der Waals surface area contributed by atoms with Gasteiger partial charge in [-0.1, -0.05) is 103 Å². The van der Waals surface area contributed by atoms with E-state index in [1.165, 1.54) is 0 Å². The maximum atomic E-state index is 12.4. The van der Waals surface area contributed by atoms with Crippen molar-refractivity contribution in [2.24, 2.45) is 5.73 Å². The maximum absolute atomic E-state index is 12.4. The molecule has 16 heteroatoms. The fourth-order valence-electron chi connectivity index (χ4n) is 10.9. The number of allylic oxidation sites excluding steroid dienone is 16. The third-order valence-electron chi connectivity index (χ3n) is 17.4. The Morgan fingerprint density at radius 3 is 1.15 bits per heavy atom. The van der Waals surface area contributed by atoms with E-state index < -0.39 is 23.9 Å². The molecule has 0 aliphatic carbocycles. The highest BCUT2D eigenvalue weighted by Gasteiger charge is 2.33. The molecule has 0 radical (unpaired) electrons. The number of fused-ring (bicyclic) bond motifs is 3. The molecule has 0 aromatic heterocycles. The fraction of sp³-hybridized carbons (Fsp3) is 0.468. The molecule has 0 saturated heterocycles. The molecule has 1 amide bonds. The molecule has 0 unspecified atom stereocenters. The van der Waals surface area contributed by atoms with Gasteiger partial charge in [0, 0.05) is 78.5 Å². The first-order valence-electron chi connectivity index (χ1n) is 32.9. The van der Waals surface area contributed by atoms with Crippen molar-refractivity contribution in [1.29, 1.82) is 0 Å². The number of ether oxygens (including phenoxy) is 3. The van der Waals surface area contributed by atoms with Crippen molar-refractivity contribution in [3.05, 3.63) is 179 Å². The Bertz CT molecular complexity index is 3400. The minimum atomic E-state index is -0.831. The van der Waals surface area contributed by atoms with Crippen LogP contribution in [-0.2, 0) is 72.5 Å². The van der Waals surface area contributed by atoms with Crippen LogP contribution in [-0.4, -0.2) is 74.9 Å². The Hall–Kier alpha value is -8.37. The van der Waals surface area contributed by atoms with E-state index in [0.29, 0.717) is 101 Å². The molecule has 16 nitrogen and oxygen atoms in total. The number of hydrogen-bond acceptors (Lipinski definition) is 14. The van der Waals surface area contributed by atoms with Crippen LogP contribution in [0.2, 0.25) is 0 Å². The Kier molecular flexibility index (Phi) is 33.6. The fourth-order valence-corrected chi connectivity index (χ4v) is 10.9. The van der Waals surface area contributed by atoms with Gasteiger partial charge in [-0.05, 0) is 199 Å². The number of unbranched alkanes of at least 4 members (excludes halogenated alkanes) is 1. The first kappa shape index (κ1) is 77.1. The van der Waals surface area contributed by atoms with Crippen molar-refractivity contribution >= 4 is 41.4 Å². The van der Waals surface area contributed by atoms with E-state index in [0.717, 1.165) is 129 Å². The number of nitrogens with two attached hydrogens (primary N) is 1. The molecule has 7 N–H and O–H groups in total. The number of carbonyl (C=O) groups is 7. The topological polar surface area (TPSA) is 266 Å². The van der Waals surface area contributed by atoms with Crippen molar-refractivity contribution in [3.8, 4) is 17.2 Å². The predicted octanol–water partition coefficient (Wildman–Crippen LogP) is 15.6. The number of phenols is 3. The zero-order valence-electron chi connectivity index (χ0n) is 56.8. The summed E-state index contributed by atoms with van der Waals surface area (Å²) in [5, 5.41) is 43.2. The summed E-state index contributed by atoms with van der Waals surface area (Å²) in [4.78, 5) is 82.5. The molecule has 3 aromatic rings. The largest absolute Gasteiger partial charge is 0.507 e. The van der Waals surface area contributed by atoms with Gasteiger partial charge in [0.15, 0.2) is 0 Å². The molecule has 3 aliphatic heterocycles. The number of cyclic esters (lactones) is 3. The van der Waals surface area contributed by atoms with Crippen LogP contribution in [0.3, 0.4) is 0 Å². The number of rotatable bonds is 35. The second kappa shape index (κ2) is 40.6. The van der Waals surface area contributed by atoms with Crippen LogP contribution in [0.5, 0.6) is 17.2 Å². The van der Waals surface area contributed by atoms with E-state index in [2.05, 4.69) is 73.0 Å². The average molecular weight is 1280 g/mol. The summed E-state index contributed by atoms with van der Waals surface area (Å²) in [5.74, 6) is -1.77. The Morgan fingerprint density at radius 1 is 0.452 bits per heavy atom. The molecule has 504 valence electrons. The molecule has 3 aliphatic rings. The predicted molar refractivity (Wildman–Crippen MR) is 367 cm³/mol. The molecule has 0 atom stereocenters. The van der Waals surface area contributed by atoms with E-state index in [-0.39, 0.29) is 72.1 Å². The van der Waals surface area contributed by atoms with Gasteiger partial charge in [-0.25, -0.2) is 14.4 Å². The number of aromatic hydroxyl groups is 3. The number of carbonyl (C=O) groups excluding carboxylic acids is 6. The highest BCUT2D eigenvalue weighted by atomic mass is 16.5. The van der Waals surface area contributed by atoms with E-state index in [4.69, 9.17) is 25.1 Å². The number of ketones is 2. The van der Waals surface area contributed by atoms with Crippen molar-refractivity contribution in [2.45, 2.75) is 224 Å². The molecule has 93 heavy (non-hydrogen) atoms. The van der Waals surface area contributed by atoms with E-state index in [1.54, 1.807) is 0 Å². The smallest absolute Gasteiger partial charge is 0.342 e. The summed E-state index contributed by atoms with van der Waals surface area (Å²) in [5.41, 5.74) is 19.7. The standard InChI is InChI=1S/C40H55NO5.C20H27NO4.C17H20O5/c1-5-6-7-8-9-10-11-12-13-14-15-16-17-18-19-20-21-24-37(43)41-29-22-23-34(42)27-25-31(2)26-28-35-32(3)33(4)36-30-46-40(45)38(36)39(35)44;1-12(6-8-15(22)5-4-10-21)7-9-16-13(2)14(3)17-11-25-20(24)18(17)19(16)23;1-9(5-7-14(18)19)4-6-12-10(2)11(3)13-8-22-17(21)15(13)16(12)20/h6-7,9-10,12-13,15-16,18-19,26,44H,5,8,11,14,17,20-25,27-30H2,1-4H3,(H,41,43);7,23H,4-6,8-11,21H2,1-3H3;4,20H,5-8H2,1-3H3,(H,18,19)/b7-6-,10-9-,13-12-,16-15-,19-18-,31-26+;12-7+;9-4+. The van der Waals surface area contributed by atoms with Crippen LogP contribution in [0.15, 0.2) is 95.7 Å². The van der Waals surface area contributed by atoms with Crippen LogP contribution in [0.4, 0.5) is 0 Å². The summed E-state index contributed by atoms with van der Waals surface area (Å²) < 4.78 is 15.2. The summed E-state index contributed by atoms with van der Waals surface area (Å²) in [7, 11) is 0. The van der Waals surface area contributed by atoms with Crippen molar-refractivity contribution in [1.82, 2.24) is 5.32 Å². The van der Waals surface area contributed by atoms with Crippen molar-refractivity contribution in [3.63, 3.8) is 0 Å². The third kappa shape index (κ3) is 24.6. The second-order valence-electron chi connectivity index (χ2n) is 24.2. The number of hydrogen-bond donors (Lipinski definition) is 6. The second-order valence-corrected chi connectivity index (χ2v) is 24.2. The molecule has 0 bridgehead atoms. The normalized spacial score (nSPS) is 13.8.